The highest BCUT2D eigenvalue weighted by molar-refractivity contribution is 7.89. The van der Waals surface area contributed by atoms with Crippen molar-refractivity contribution in [3.05, 3.63) is 65.5 Å². The number of likely N-dealkylation sites (N-methyl/N-ethyl adjacent to an activating group) is 1. The molecule has 1 saturated heterocycles. The van der Waals surface area contributed by atoms with Crippen molar-refractivity contribution in [2.75, 3.05) is 33.2 Å². The number of nitrogens with zero attached hydrogens (tertiary/aromatic N) is 2. The molecule has 178 valence electrons. The maximum atomic E-state index is 13.3. The van der Waals surface area contributed by atoms with Gasteiger partial charge in [0.05, 0.1) is 18.0 Å². The van der Waals surface area contributed by atoms with E-state index in [2.05, 4.69) is 0 Å². The number of carbonyl (C=O) groups is 2. The summed E-state index contributed by atoms with van der Waals surface area (Å²) in [5.41, 5.74) is 1.23. The first-order chi connectivity index (χ1) is 15.7. The fraction of sp³-hybridized carbons (Fsp3) is 0.440. The summed E-state index contributed by atoms with van der Waals surface area (Å²) in [4.78, 5) is 26.7. The van der Waals surface area contributed by atoms with Crippen LogP contribution in [0, 0.1) is 5.82 Å². The smallest absolute Gasteiger partial charge is 0.243 e. The summed E-state index contributed by atoms with van der Waals surface area (Å²) in [7, 11) is -1.89. The molecular weight excluding hydrogens is 443 g/mol. The lowest BCUT2D eigenvalue weighted by molar-refractivity contribution is -0.121. The summed E-state index contributed by atoms with van der Waals surface area (Å²) in [6.07, 6.45) is 4.00. The molecule has 1 aliphatic heterocycles. The summed E-state index contributed by atoms with van der Waals surface area (Å²) < 4.78 is 40.9. The van der Waals surface area contributed by atoms with Crippen molar-refractivity contribution in [3.63, 3.8) is 0 Å². The first kappa shape index (κ1) is 25.2. The Labute approximate surface area is 195 Å². The van der Waals surface area contributed by atoms with Crippen LogP contribution in [0.2, 0.25) is 0 Å². The van der Waals surface area contributed by atoms with E-state index in [0.29, 0.717) is 24.2 Å². The standard InChI is InChI=1S/C25H31FN2O4S/c1-27(18-23(29)15-20-8-6-10-22(26)14-20)19-24(30)16-21-9-7-11-25(17-21)33(31,32)28-12-4-2-3-5-13-28/h6-11,14,17H,2-5,12-13,15-16,18-19H2,1H3. The van der Waals surface area contributed by atoms with Crippen molar-refractivity contribution >= 4 is 21.6 Å². The van der Waals surface area contributed by atoms with Gasteiger partial charge in [-0.1, -0.05) is 37.1 Å². The normalized spacial score (nSPS) is 15.4. The van der Waals surface area contributed by atoms with Gasteiger partial charge in [-0.3, -0.25) is 14.5 Å². The Hall–Kier alpha value is -2.42. The number of sulfonamides is 1. The maximum absolute atomic E-state index is 13.3. The second-order valence-corrected chi connectivity index (χ2v) is 10.6. The molecule has 1 fully saturated rings. The highest BCUT2D eigenvalue weighted by Gasteiger charge is 2.25. The third-order valence-corrected chi connectivity index (χ3v) is 7.58. The second kappa shape index (κ2) is 11.6. The van der Waals surface area contributed by atoms with E-state index in [1.165, 1.54) is 12.1 Å². The van der Waals surface area contributed by atoms with Gasteiger partial charge in [-0.2, -0.15) is 4.31 Å². The third-order valence-electron chi connectivity index (χ3n) is 5.69. The SMILES string of the molecule is CN(CC(=O)Cc1cccc(F)c1)CC(=O)Cc1cccc(S(=O)(=O)N2CCCCCC2)c1. The van der Waals surface area contributed by atoms with E-state index in [0.717, 1.165) is 25.7 Å². The van der Waals surface area contributed by atoms with Crippen LogP contribution < -0.4 is 0 Å². The predicted molar refractivity (Wildman–Crippen MR) is 125 cm³/mol. The highest BCUT2D eigenvalue weighted by Crippen LogP contribution is 2.21. The Kier molecular flexibility index (Phi) is 8.88. The predicted octanol–water partition coefficient (Wildman–Crippen LogP) is 3.25. The molecule has 2 aromatic carbocycles. The Bertz CT molecular complexity index is 1080. The average molecular weight is 475 g/mol. The third kappa shape index (κ3) is 7.55. The van der Waals surface area contributed by atoms with Crippen molar-refractivity contribution in [2.45, 2.75) is 43.4 Å². The minimum Gasteiger partial charge on any atom is -0.298 e. The molecule has 0 unspecified atom stereocenters. The molecule has 33 heavy (non-hydrogen) atoms. The van der Waals surface area contributed by atoms with Gasteiger partial charge in [0.15, 0.2) is 11.6 Å². The van der Waals surface area contributed by atoms with Crippen LogP contribution in [0.25, 0.3) is 0 Å². The Morgan fingerprint density at radius 1 is 0.879 bits per heavy atom. The van der Waals surface area contributed by atoms with E-state index in [1.807, 2.05) is 0 Å². The summed E-state index contributed by atoms with van der Waals surface area (Å²) in [5, 5.41) is 0. The van der Waals surface area contributed by atoms with Gasteiger partial charge in [0.2, 0.25) is 10.0 Å². The topological polar surface area (TPSA) is 74.8 Å². The molecule has 0 bridgehead atoms. The van der Waals surface area contributed by atoms with Gasteiger partial charge in [0.1, 0.15) is 5.82 Å². The van der Waals surface area contributed by atoms with Crippen molar-refractivity contribution < 1.29 is 22.4 Å². The Morgan fingerprint density at radius 3 is 2.00 bits per heavy atom. The fourth-order valence-electron chi connectivity index (χ4n) is 4.12. The lowest BCUT2D eigenvalue weighted by Gasteiger charge is -2.20. The molecule has 0 atom stereocenters. The van der Waals surface area contributed by atoms with E-state index in [4.69, 9.17) is 0 Å². The van der Waals surface area contributed by atoms with Crippen LogP contribution in [0.1, 0.15) is 36.8 Å². The Morgan fingerprint density at radius 2 is 1.42 bits per heavy atom. The van der Waals surface area contributed by atoms with Gasteiger partial charge in [0.25, 0.3) is 0 Å². The molecule has 0 spiro atoms. The van der Waals surface area contributed by atoms with Crippen molar-refractivity contribution in [1.82, 2.24) is 9.21 Å². The van der Waals surface area contributed by atoms with Crippen molar-refractivity contribution in [2.24, 2.45) is 0 Å². The molecule has 0 amide bonds. The average Bonchev–Trinajstić information content (AvgIpc) is 3.03. The van der Waals surface area contributed by atoms with Gasteiger partial charge in [-0.05, 0) is 55.3 Å². The highest BCUT2D eigenvalue weighted by atomic mass is 32.2. The summed E-state index contributed by atoms with van der Waals surface area (Å²) in [6.45, 7) is 1.20. The molecule has 6 nitrogen and oxygen atoms in total. The molecule has 0 aliphatic carbocycles. The number of hydrogen-bond acceptors (Lipinski definition) is 5. The molecule has 0 saturated carbocycles. The molecule has 0 N–H and O–H groups in total. The summed E-state index contributed by atoms with van der Waals surface area (Å²) >= 11 is 0. The summed E-state index contributed by atoms with van der Waals surface area (Å²) in [6, 6.07) is 12.5. The van der Waals surface area contributed by atoms with Crippen LogP contribution in [0.5, 0.6) is 0 Å². The number of carbonyl (C=O) groups excluding carboxylic acids is 2. The number of rotatable bonds is 10. The molecule has 3 rings (SSSR count). The zero-order chi connectivity index (χ0) is 23.8. The van der Waals surface area contributed by atoms with Gasteiger partial charge >= 0.3 is 0 Å². The van der Waals surface area contributed by atoms with Gasteiger partial charge in [-0.15, -0.1) is 0 Å². The molecule has 1 heterocycles. The molecule has 2 aromatic rings. The molecular formula is C25H31FN2O4S. The summed E-state index contributed by atoms with van der Waals surface area (Å²) in [5.74, 6) is -0.606. The van der Waals surface area contributed by atoms with E-state index in [-0.39, 0.29) is 48.2 Å². The number of benzene rings is 2. The van der Waals surface area contributed by atoms with Crippen molar-refractivity contribution in [1.29, 1.82) is 0 Å². The number of ketones is 2. The second-order valence-electron chi connectivity index (χ2n) is 8.70. The lowest BCUT2D eigenvalue weighted by atomic mass is 10.1. The quantitative estimate of drug-likeness (QED) is 0.529. The molecule has 8 heteroatoms. The van der Waals surface area contributed by atoms with Crippen LogP contribution in [-0.2, 0) is 32.5 Å². The fourth-order valence-corrected chi connectivity index (χ4v) is 5.71. The van der Waals surface area contributed by atoms with Gasteiger partial charge in [-0.25, -0.2) is 12.8 Å². The largest absolute Gasteiger partial charge is 0.298 e. The van der Waals surface area contributed by atoms with Gasteiger partial charge < -0.3 is 0 Å². The molecule has 1 aliphatic rings. The van der Waals surface area contributed by atoms with Crippen molar-refractivity contribution in [3.8, 4) is 0 Å². The number of hydrogen-bond donors (Lipinski definition) is 0. The van der Waals surface area contributed by atoms with Gasteiger partial charge in [0, 0.05) is 25.9 Å². The molecule has 0 radical (unpaired) electrons. The minimum atomic E-state index is -3.58. The zero-order valence-electron chi connectivity index (χ0n) is 19.0. The monoisotopic (exact) mass is 474 g/mol. The Balaban J connectivity index is 1.55. The van der Waals surface area contributed by atoms with Crippen LogP contribution in [0.3, 0.4) is 0 Å². The van der Waals surface area contributed by atoms with Crippen LogP contribution in [0.15, 0.2) is 53.4 Å². The first-order valence-electron chi connectivity index (χ1n) is 11.3. The lowest BCUT2D eigenvalue weighted by Crippen LogP contribution is -2.33. The minimum absolute atomic E-state index is 0.0675. The maximum Gasteiger partial charge on any atom is 0.243 e. The first-order valence-corrected chi connectivity index (χ1v) is 12.7. The van der Waals surface area contributed by atoms with Crippen LogP contribution >= 0.6 is 0 Å². The van der Waals surface area contributed by atoms with E-state index >= 15 is 0 Å². The van der Waals surface area contributed by atoms with E-state index in [1.54, 1.807) is 52.7 Å². The van der Waals surface area contributed by atoms with Crippen LogP contribution in [-0.4, -0.2) is 62.4 Å². The van der Waals surface area contributed by atoms with E-state index < -0.39 is 10.0 Å². The van der Waals surface area contributed by atoms with Crippen LogP contribution in [0.4, 0.5) is 4.39 Å². The molecule has 0 aromatic heterocycles. The van der Waals surface area contributed by atoms with E-state index in [9.17, 15) is 22.4 Å². The number of halogens is 1. The zero-order valence-corrected chi connectivity index (χ0v) is 19.8. The number of Topliss-reactive ketones (excluding diaryl/α,β-unsaturated/α-hetero) is 2.